The lowest BCUT2D eigenvalue weighted by atomic mass is 9.91. The molecule has 1 saturated heterocycles. The fourth-order valence-corrected chi connectivity index (χ4v) is 4.01. The second-order valence-corrected chi connectivity index (χ2v) is 7.10. The average Bonchev–Trinajstić information content (AvgIpc) is 3.09. The summed E-state index contributed by atoms with van der Waals surface area (Å²) in [5.74, 6) is 0.239. The lowest BCUT2D eigenvalue weighted by molar-refractivity contribution is -0.118. The SMILES string of the molecule is Cc1c(-c2ccc3c(n2)C(C(=O)Nc2ccccn2)C2CCN32)cnn1C. The summed E-state index contributed by atoms with van der Waals surface area (Å²) in [5.41, 5.74) is 4.83. The Balaban J connectivity index is 1.52. The van der Waals surface area contributed by atoms with Crippen molar-refractivity contribution in [1.82, 2.24) is 19.7 Å². The van der Waals surface area contributed by atoms with E-state index in [1.807, 2.05) is 43.0 Å². The molecular weight excluding hydrogens is 340 g/mol. The number of hydrogen-bond donors (Lipinski definition) is 1. The predicted molar refractivity (Wildman–Crippen MR) is 103 cm³/mol. The van der Waals surface area contributed by atoms with Crippen molar-refractivity contribution >= 4 is 17.4 Å². The maximum absolute atomic E-state index is 13.1. The van der Waals surface area contributed by atoms with Gasteiger partial charge < -0.3 is 10.2 Å². The van der Waals surface area contributed by atoms with Gasteiger partial charge in [0.25, 0.3) is 0 Å². The van der Waals surface area contributed by atoms with Crippen molar-refractivity contribution in [3.8, 4) is 11.3 Å². The molecule has 2 aliphatic rings. The van der Waals surface area contributed by atoms with E-state index in [1.54, 1.807) is 12.3 Å². The van der Waals surface area contributed by atoms with Crippen molar-refractivity contribution in [3.63, 3.8) is 0 Å². The van der Waals surface area contributed by atoms with E-state index in [1.165, 1.54) is 0 Å². The fourth-order valence-electron chi connectivity index (χ4n) is 4.01. The number of aromatic nitrogens is 4. The number of amides is 1. The van der Waals surface area contributed by atoms with Crippen LogP contribution in [0.2, 0.25) is 0 Å². The molecule has 5 rings (SSSR count). The third-order valence-electron chi connectivity index (χ3n) is 5.67. The number of anilines is 2. The first-order chi connectivity index (χ1) is 13.1. The Morgan fingerprint density at radius 3 is 2.81 bits per heavy atom. The van der Waals surface area contributed by atoms with Crippen molar-refractivity contribution < 1.29 is 4.79 Å². The van der Waals surface area contributed by atoms with Crippen LogP contribution >= 0.6 is 0 Å². The third-order valence-corrected chi connectivity index (χ3v) is 5.67. The lowest BCUT2D eigenvalue weighted by Gasteiger charge is -2.39. The van der Waals surface area contributed by atoms with Gasteiger partial charge in [-0.2, -0.15) is 5.10 Å². The average molecular weight is 360 g/mol. The Bertz CT molecular complexity index is 1030. The summed E-state index contributed by atoms with van der Waals surface area (Å²) in [6, 6.07) is 9.79. The van der Waals surface area contributed by atoms with Gasteiger partial charge >= 0.3 is 0 Å². The standard InChI is InChI=1S/C20H20N6O/c1-12-13(11-22-25(12)2)14-6-7-16-19(23-14)18(15-8-10-26(15)16)20(27)24-17-5-3-4-9-21-17/h3-7,9,11,15,18H,8,10H2,1-2H3,(H,21,24,27). The van der Waals surface area contributed by atoms with Gasteiger partial charge in [-0.25, -0.2) is 9.97 Å². The number of rotatable bonds is 3. The number of aryl methyl sites for hydroxylation is 1. The minimum atomic E-state index is -0.285. The van der Waals surface area contributed by atoms with Crippen LogP contribution in [-0.4, -0.2) is 38.2 Å². The molecule has 2 unspecified atom stereocenters. The number of nitrogens with one attached hydrogen (secondary N) is 1. The van der Waals surface area contributed by atoms with Crippen LogP contribution in [0.1, 0.15) is 23.7 Å². The molecule has 3 aromatic rings. The predicted octanol–water partition coefficient (Wildman–Crippen LogP) is 2.50. The molecule has 0 radical (unpaired) electrons. The Morgan fingerprint density at radius 1 is 1.26 bits per heavy atom. The monoisotopic (exact) mass is 360 g/mol. The van der Waals surface area contributed by atoms with Crippen LogP contribution in [-0.2, 0) is 11.8 Å². The number of carbonyl (C=O) groups is 1. The molecule has 1 fully saturated rings. The van der Waals surface area contributed by atoms with Gasteiger partial charge in [-0.15, -0.1) is 0 Å². The highest BCUT2D eigenvalue weighted by Gasteiger charge is 2.48. The maximum atomic E-state index is 13.1. The van der Waals surface area contributed by atoms with Crippen molar-refractivity contribution in [1.29, 1.82) is 0 Å². The highest BCUT2D eigenvalue weighted by molar-refractivity contribution is 5.98. The summed E-state index contributed by atoms with van der Waals surface area (Å²) in [6.07, 6.45) is 4.50. The molecule has 0 aliphatic carbocycles. The van der Waals surface area contributed by atoms with E-state index in [2.05, 4.69) is 26.4 Å². The van der Waals surface area contributed by atoms with E-state index in [-0.39, 0.29) is 17.9 Å². The zero-order valence-corrected chi connectivity index (χ0v) is 15.3. The summed E-state index contributed by atoms with van der Waals surface area (Å²) >= 11 is 0. The quantitative estimate of drug-likeness (QED) is 0.777. The Labute approximate surface area is 157 Å². The van der Waals surface area contributed by atoms with E-state index in [4.69, 9.17) is 4.98 Å². The fraction of sp³-hybridized carbons (Fsp3) is 0.300. The van der Waals surface area contributed by atoms with Gasteiger partial charge in [0.1, 0.15) is 11.7 Å². The molecular formula is C20H20N6O. The molecule has 1 amide bonds. The molecule has 0 aromatic carbocycles. The molecule has 7 nitrogen and oxygen atoms in total. The summed E-state index contributed by atoms with van der Waals surface area (Å²) in [4.78, 5) is 24.5. The Hall–Kier alpha value is -3.22. The summed E-state index contributed by atoms with van der Waals surface area (Å²) < 4.78 is 1.84. The normalized spacial score (nSPS) is 20.0. The van der Waals surface area contributed by atoms with Crippen LogP contribution in [0.25, 0.3) is 11.3 Å². The topological polar surface area (TPSA) is 75.9 Å². The first kappa shape index (κ1) is 16.0. The van der Waals surface area contributed by atoms with Crippen LogP contribution in [0.15, 0.2) is 42.7 Å². The molecule has 1 N–H and O–H groups in total. The second kappa shape index (κ2) is 5.90. The zero-order valence-electron chi connectivity index (χ0n) is 15.3. The molecule has 5 heterocycles. The van der Waals surface area contributed by atoms with Crippen molar-refractivity contribution in [2.24, 2.45) is 7.05 Å². The molecule has 0 spiro atoms. The second-order valence-electron chi connectivity index (χ2n) is 7.10. The van der Waals surface area contributed by atoms with Crippen molar-refractivity contribution in [2.45, 2.75) is 25.3 Å². The van der Waals surface area contributed by atoms with Crippen molar-refractivity contribution in [3.05, 3.63) is 54.1 Å². The summed E-state index contributed by atoms with van der Waals surface area (Å²) in [7, 11) is 1.92. The lowest BCUT2D eigenvalue weighted by Crippen LogP contribution is -2.49. The minimum Gasteiger partial charge on any atom is -0.366 e. The van der Waals surface area contributed by atoms with Gasteiger partial charge in [-0.1, -0.05) is 6.07 Å². The Kier molecular flexibility index (Phi) is 3.50. The van der Waals surface area contributed by atoms with Crippen LogP contribution in [0, 0.1) is 6.92 Å². The molecule has 7 heteroatoms. The number of pyridine rings is 2. The maximum Gasteiger partial charge on any atom is 0.236 e. The van der Waals surface area contributed by atoms with E-state index < -0.39 is 0 Å². The molecule has 2 atom stereocenters. The number of fused-ring (bicyclic) bond motifs is 3. The highest BCUT2D eigenvalue weighted by atomic mass is 16.2. The number of nitrogens with zero attached hydrogens (tertiary/aromatic N) is 5. The first-order valence-electron chi connectivity index (χ1n) is 9.12. The molecule has 0 saturated carbocycles. The number of hydrogen-bond acceptors (Lipinski definition) is 5. The van der Waals surface area contributed by atoms with Gasteiger partial charge in [0.15, 0.2) is 0 Å². The van der Waals surface area contributed by atoms with Gasteiger partial charge in [0.05, 0.1) is 23.3 Å². The smallest absolute Gasteiger partial charge is 0.236 e. The van der Waals surface area contributed by atoms with Crippen LogP contribution in [0.4, 0.5) is 11.5 Å². The molecule has 27 heavy (non-hydrogen) atoms. The van der Waals surface area contributed by atoms with Crippen LogP contribution < -0.4 is 10.2 Å². The minimum absolute atomic E-state index is 0.0466. The van der Waals surface area contributed by atoms with Crippen LogP contribution in [0.3, 0.4) is 0 Å². The number of carbonyl (C=O) groups excluding carboxylic acids is 1. The molecule has 3 aromatic heterocycles. The van der Waals surface area contributed by atoms with Gasteiger partial charge in [0.2, 0.25) is 5.91 Å². The van der Waals surface area contributed by atoms with Crippen molar-refractivity contribution in [2.75, 3.05) is 16.8 Å². The van der Waals surface area contributed by atoms with Gasteiger partial charge in [-0.05, 0) is 37.6 Å². The van der Waals surface area contributed by atoms with Gasteiger partial charge in [0, 0.05) is 37.1 Å². The summed E-state index contributed by atoms with van der Waals surface area (Å²) in [6.45, 7) is 2.99. The third kappa shape index (κ3) is 2.42. The molecule has 2 aliphatic heterocycles. The summed E-state index contributed by atoms with van der Waals surface area (Å²) in [5, 5.41) is 7.27. The Morgan fingerprint density at radius 2 is 2.15 bits per heavy atom. The van der Waals surface area contributed by atoms with Crippen LogP contribution in [0.5, 0.6) is 0 Å². The molecule has 136 valence electrons. The van der Waals surface area contributed by atoms with E-state index in [0.717, 1.165) is 41.3 Å². The van der Waals surface area contributed by atoms with E-state index in [0.29, 0.717) is 5.82 Å². The van der Waals surface area contributed by atoms with E-state index in [9.17, 15) is 4.79 Å². The van der Waals surface area contributed by atoms with E-state index >= 15 is 0 Å². The van der Waals surface area contributed by atoms with Gasteiger partial charge in [-0.3, -0.25) is 9.48 Å². The first-order valence-corrected chi connectivity index (χ1v) is 9.12. The largest absolute Gasteiger partial charge is 0.366 e. The zero-order chi connectivity index (χ0) is 18.5. The molecule has 0 bridgehead atoms. The highest BCUT2D eigenvalue weighted by Crippen LogP contribution is 2.47.